The zero-order valence-corrected chi connectivity index (χ0v) is 8.88. The van der Waals surface area contributed by atoms with E-state index in [0.29, 0.717) is 12.0 Å². The minimum absolute atomic E-state index is 0.229. The van der Waals surface area contributed by atoms with Crippen LogP contribution in [0.25, 0.3) is 0 Å². The number of nitrogens with two attached hydrogens (primary N) is 2. The highest BCUT2D eigenvalue weighted by atomic mass is 15.0. The Morgan fingerprint density at radius 2 is 2.00 bits per heavy atom. The normalized spacial score (nSPS) is 32.5. The van der Waals surface area contributed by atoms with Crippen LogP contribution in [-0.2, 0) is 0 Å². The van der Waals surface area contributed by atoms with Crippen LogP contribution in [0.3, 0.4) is 0 Å². The Kier molecular flexibility index (Phi) is 2.84. The molecule has 4 N–H and O–H groups in total. The first-order valence-electron chi connectivity index (χ1n) is 5.02. The first kappa shape index (κ1) is 10.4. The maximum atomic E-state index is 5.43. The molecule has 1 rings (SSSR count). The van der Waals surface area contributed by atoms with Crippen LogP contribution < -0.4 is 11.5 Å². The number of nitrogens with zero attached hydrogens (tertiary/aromatic N) is 1. The second kappa shape index (κ2) is 3.56. The van der Waals surface area contributed by atoms with E-state index in [4.69, 9.17) is 11.5 Å². The second-order valence-corrected chi connectivity index (χ2v) is 4.86. The lowest BCUT2D eigenvalue weighted by atomic mass is 9.69. The molecule has 2 atom stereocenters. The average Bonchev–Trinajstić information content (AvgIpc) is 1.96. The summed E-state index contributed by atoms with van der Waals surface area (Å²) in [6, 6.07) is 0.297. The summed E-state index contributed by atoms with van der Waals surface area (Å²) in [4.78, 5) is 4.34. The molecule has 1 aliphatic carbocycles. The Labute approximate surface area is 80.6 Å². The van der Waals surface area contributed by atoms with Crippen molar-refractivity contribution in [2.24, 2.45) is 27.8 Å². The molecule has 0 heterocycles. The van der Waals surface area contributed by atoms with Crippen LogP contribution >= 0.6 is 0 Å². The van der Waals surface area contributed by atoms with E-state index in [-0.39, 0.29) is 11.4 Å². The van der Waals surface area contributed by atoms with Gasteiger partial charge in [0.25, 0.3) is 0 Å². The molecule has 13 heavy (non-hydrogen) atoms. The maximum Gasteiger partial charge on any atom is 0.186 e. The minimum Gasteiger partial charge on any atom is -0.370 e. The first-order valence-corrected chi connectivity index (χ1v) is 5.02. The number of hydrogen-bond donors (Lipinski definition) is 2. The Morgan fingerprint density at radius 1 is 1.38 bits per heavy atom. The molecule has 3 nitrogen and oxygen atoms in total. The van der Waals surface area contributed by atoms with E-state index in [1.165, 1.54) is 19.3 Å². The summed E-state index contributed by atoms with van der Waals surface area (Å²) in [7, 11) is 0. The highest BCUT2D eigenvalue weighted by Gasteiger charge is 2.36. The van der Waals surface area contributed by atoms with Crippen LogP contribution in [0.2, 0.25) is 0 Å². The zero-order valence-electron chi connectivity index (χ0n) is 8.88. The van der Waals surface area contributed by atoms with Gasteiger partial charge in [-0.05, 0) is 24.2 Å². The molecule has 0 aliphatic heterocycles. The largest absolute Gasteiger partial charge is 0.370 e. The van der Waals surface area contributed by atoms with Gasteiger partial charge in [0.1, 0.15) is 0 Å². The number of rotatable bonds is 1. The van der Waals surface area contributed by atoms with Gasteiger partial charge in [-0.3, -0.25) is 0 Å². The molecule has 0 spiro atoms. The lowest BCUT2D eigenvalue weighted by molar-refractivity contribution is 0.151. The van der Waals surface area contributed by atoms with E-state index in [2.05, 4.69) is 25.8 Å². The molecule has 76 valence electrons. The molecular weight excluding hydrogens is 162 g/mol. The summed E-state index contributed by atoms with van der Waals surface area (Å²) < 4.78 is 0. The van der Waals surface area contributed by atoms with Crippen molar-refractivity contribution >= 4 is 5.96 Å². The van der Waals surface area contributed by atoms with Gasteiger partial charge in [0.15, 0.2) is 5.96 Å². The van der Waals surface area contributed by atoms with E-state index in [1.807, 2.05) is 0 Å². The molecule has 1 aliphatic rings. The molecule has 1 fully saturated rings. The molecule has 0 amide bonds. The van der Waals surface area contributed by atoms with Crippen LogP contribution in [0.1, 0.15) is 40.0 Å². The van der Waals surface area contributed by atoms with Crippen LogP contribution in [-0.4, -0.2) is 12.0 Å². The standard InChI is InChI=1S/C10H21N3/c1-7-5-4-6-10(2,3)8(7)13-9(11)12/h7-8H,4-6H2,1-3H3,(H4,11,12,13). The molecule has 3 heteroatoms. The maximum absolute atomic E-state index is 5.43. The Hall–Kier alpha value is -0.730. The SMILES string of the molecule is CC1CCCC(C)(C)C1N=C(N)N. The third kappa shape index (κ3) is 2.36. The fourth-order valence-corrected chi connectivity index (χ4v) is 2.42. The van der Waals surface area contributed by atoms with E-state index >= 15 is 0 Å². The average molecular weight is 183 g/mol. The van der Waals surface area contributed by atoms with Crippen molar-refractivity contribution in [1.82, 2.24) is 0 Å². The quantitative estimate of drug-likeness (QED) is 0.477. The Bertz CT molecular complexity index is 204. The van der Waals surface area contributed by atoms with E-state index in [9.17, 15) is 0 Å². The fraction of sp³-hybridized carbons (Fsp3) is 0.900. The topological polar surface area (TPSA) is 64.4 Å². The van der Waals surface area contributed by atoms with Crippen molar-refractivity contribution in [2.45, 2.75) is 46.1 Å². The molecule has 1 saturated carbocycles. The summed E-state index contributed by atoms with van der Waals surface area (Å²) in [6.45, 7) is 6.73. The van der Waals surface area contributed by atoms with Crippen molar-refractivity contribution in [3.63, 3.8) is 0 Å². The monoisotopic (exact) mass is 183 g/mol. The smallest absolute Gasteiger partial charge is 0.186 e. The van der Waals surface area contributed by atoms with Crippen molar-refractivity contribution in [2.75, 3.05) is 0 Å². The summed E-state index contributed by atoms with van der Waals surface area (Å²) in [5, 5.41) is 0. The van der Waals surface area contributed by atoms with Gasteiger partial charge in [-0.2, -0.15) is 0 Å². The summed E-state index contributed by atoms with van der Waals surface area (Å²) >= 11 is 0. The minimum atomic E-state index is 0.229. The molecule has 0 aromatic carbocycles. The highest BCUT2D eigenvalue weighted by Crippen LogP contribution is 2.40. The predicted octanol–water partition coefficient (Wildman–Crippen LogP) is 1.47. The number of hydrogen-bond acceptors (Lipinski definition) is 1. The molecule has 0 radical (unpaired) electrons. The Morgan fingerprint density at radius 3 is 2.46 bits per heavy atom. The van der Waals surface area contributed by atoms with Gasteiger partial charge >= 0.3 is 0 Å². The number of guanidine groups is 1. The second-order valence-electron chi connectivity index (χ2n) is 4.86. The van der Waals surface area contributed by atoms with Crippen LogP contribution in [0.5, 0.6) is 0 Å². The molecule has 0 aromatic rings. The van der Waals surface area contributed by atoms with Crippen LogP contribution in [0, 0.1) is 11.3 Å². The fourth-order valence-electron chi connectivity index (χ4n) is 2.42. The van der Waals surface area contributed by atoms with Gasteiger partial charge in [-0.15, -0.1) is 0 Å². The van der Waals surface area contributed by atoms with Gasteiger partial charge in [0.05, 0.1) is 6.04 Å². The third-order valence-electron chi connectivity index (χ3n) is 3.11. The highest BCUT2D eigenvalue weighted by molar-refractivity contribution is 5.75. The molecule has 0 saturated heterocycles. The summed E-state index contributed by atoms with van der Waals surface area (Å²) in [5.41, 5.74) is 11.1. The third-order valence-corrected chi connectivity index (χ3v) is 3.11. The first-order chi connectivity index (χ1) is 5.93. The van der Waals surface area contributed by atoms with E-state index in [0.717, 1.165) is 0 Å². The van der Waals surface area contributed by atoms with Gasteiger partial charge in [0.2, 0.25) is 0 Å². The lowest BCUT2D eigenvalue weighted by Crippen LogP contribution is -2.40. The molecular formula is C10H21N3. The van der Waals surface area contributed by atoms with Crippen LogP contribution in [0.4, 0.5) is 0 Å². The lowest BCUT2D eigenvalue weighted by Gasteiger charge is -2.40. The number of aliphatic imine (C=N–C) groups is 1. The van der Waals surface area contributed by atoms with Gasteiger partial charge in [-0.1, -0.05) is 27.2 Å². The van der Waals surface area contributed by atoms with Crippen molar-refractivity contribution in [3.05, 3.63) is 0 Å². The van der Waals surface area contributed by atoms with Gasteiger partial charge < -0.3 is 11.5 Å². The van der Waals surface area contributed by atoms with Crippen molar-refractivity contribution in [3.8, 4) is 0 Å². The predicted molar refractivity (Wildman–Crippen MR) is 56.4 cm³/mol. The van der Waals surface area contributed by atoms with Crippen molar-refractivity contribution < 1.29 is 0 Å². The molecule has 0 bridgehead atoms. The zero-order chi connectivity index (χ0) is 10.1. The van der Waals surface area contributed by atoms with Gasteiger partial charge in [-0.25, -0.2) is 4.99 Å². The summed E-state index contributed by atoms with van der Waals surface area (Å²) in [5.74, 6) is 0.831. The molecule has 0 aromatic heterocycles. The molecule has 2 unspecified atom stereocenters. The van der Waals surface area contributed by atoms with Crippen LogP contribution in [0.15, 0.2) is 4.99 Å². The Balaban J connectivity index is 2.81. The van der Waals surface area contributed by atoms with E-state index in [1.54, 1.807) is 0 Å². The van der Waals surface area contributed by atoms with Gasteiger partial charge in [0, 0.05) is 0 Å². The van der Waals surface area contributed by atoms with Crippen molar-refractivity contribution in [1.29, 1.82) is 0 Å². The summed E-state index contributed by atoms with van der Waals surface area (Å²) in [6.07, 6.45) is 3.76. The van der Waals surface area contributed by atoms with E-state index < -0.39 is 0 Å².